The number of benzene rings is 4. The van der Waals surface area contributed by atoms with E-state index >= 15 is 0 Å². The highest BCUT2D eigenvalue weighted by Crippen LogP contribution is 2.29. The van der Waals surface area contributed by atoms with Crippen molar-refractivity contribution in [1.82, 2.24) is 10.2 Å². The molecule has 0 spiro atoms. The Balaban J connectivity index is 0.000000231. The number of nitrogens with zero attached hydrogens (tertiary/aromatic N) is 1. The summed E-state index contributed by atoms with van der Waals surface area (Å²) in [5.74, 6) is 0.286. The molecular weight excluding hydrogens is 548 g/mol. The molecule has 2 amide bonds. The highest BCUT2D eigenvalue weighted by atomic mass is 32.2. The van der Waals surface area contributed by atoms with E-state index in [2.05, 4.69) is 49.5 Å². The molecule has 0 saturated heterocycles. The summed E-state index contributed by atoms with van der Waals surface area (Å²) < 4.78 is 27.6. The molecule has 0 aliphatic carbocycles. The average Bonchev–Trinajstić information content (AvgIpc) is 2.98. The number of hydrogen-bond acceptors (Lipinski definition) is 5. The van der Waals surface area contributed by atoms with Crippen LogP contribution in [0.3, 0.4) is 0 Å². The number of nitrogens with one attached hydrogen (secondary N) is 1. The Labute approximate surface area is 250 Å². The summed E-state index contributed by atoms with van der Waals surface area (Å²) in [4.78, 5) is 25.4. The minimum absolute atomic E-state index is 0.0874. The lowest BCUT2D eigenvalue weighted by atomic mass is 10.0. The normalized spacial score (nSPS) is 11.1. The van der Waals surface area contributed by atoms with Crippen LogP contribution in [0.2, 0.25) is 0 Å². The first kappa shape index (κ1) is 32.2. The van der Waals surface area contributed by atoms with Gasteiger partial charge in [-0.2, -0.15) is 0 Å². The molecule has 0 radical (unpaired) electrons. The third kappa shape index (κ3) is 9.68. The fourth-order valence-corrected chi connectivity index (χ4v) is 4.85. The van der Waals surface area contributed by atoms with Crippen molar-refractivity contribution >= 4 is 22.9 Å². The molecule has 0 aliphatic rings. The van der Waals surface area contributed by atoms with Crippen molar-refractivity contribution in [2.45, 2.75) is 38.1 Å². The van der Waals surface area contributed by atoms with Crippen LogP contribution in [-0.4, -0.2) is 46.7 Å². The van der Waals surface area contributed by atoms with Gasteiger partial charge < -0.3 is 19.5 Å². The van der Waals surface area contributed by atoms with Crippen molar-refractivity contribution in [3.05, 3.63) is 119 Å². The first-order valence-electron chi connectivity index (χ1n) is 13.5. The molecule has 0 bridgehead atoms. The zero-order chi connectivity index (χ0) is 30.6. The molecule has 0 aromatic heterocycles. The van der Waals surface area contributed by atoms with Crippen LogP contribution in [0.5, 0.6) is 5.75 Å². The molecule has 1 N–H and O–H groups in total. The highest BCUT2D eigenvalue weighted by Gasteiger charge is 2.11. The Kier molecular flexibility index (Phi) is 12.0. The predicted molar refractivity (Wildman–Crippen MR) is 166 cm³/mol. The van der Waals surface area contributed by atoms with Gasteiger partial charge in [0.1, 0.15) is 5.75 Å². The molecule has 1 unspecified atom stereocenters. The zero-order valence-electron chi connectivity index (χ0n) is 24.7. The topological polar surface area (TPSA) is 98.8 Å². The number of carbonyl (C=O) groups excluding carboxylic acids is 2. The van der Waals surface area contributed by atoms with Crippen LogP contribution in [0.1, 0.15) is 39.0 Å². The third-order valence-electron chi connectivity index (χ3n) is 6.49. The first-order chi connectivity index (χ1) is 20.1. The van der Waals surface area contributed by atoms with Crippen molar-refractivity contribution < 1.29 is 23.1 Å². The van der Waals surface area contributed by atoms with Gasteiger partial charge in [0.2, 0.25) is 5.91 Å². The Morgan fingerprint density at radius 3 is 2.07 bits per heavy atom. The molecule has 4 aromatic carbocycles. The van der Waals surface area contributed by atoms with Crippen LogP contribution >= 0.6 is 0 Å². The van der Waals surface area contributed by atoms with E-state index in [0.717, 1.165) is 17.5 Å². The fourth-order valence-electron chi connectivity index (χ4n) is 4.31. The highest BCUT2D eigenvalue weighted by molar-refractivity contribution is 7.79. The lowest BCUT2D eigenvalue weighted by Gasteiger charge is -2.14. The maximum absolute atomic E-state index is 12.0. The quantitative estimate of drug-likeness (QED) is 0.248. The van der Waals surface area contributed by atoms with Gasteiger partial charge in [-0.1, -0.05) is 77.9 Å². The van der Waals surface area contributed by atoms with Crippen LogP contribution in [0.25, 0.3) is 11.1 Å². The summed E-state index contributed by atoms with van der Waals surface area (Å²) in [5.41, 5.74) is 6.84. The minimum Gasteiger partial charge on any atom is -0.768 e. The van der Waals surface area contributed by atoms with E-state index in [1.165, 1.54) is 34.8 Å². The molecule has 0 fully saturated rings. The minimum atomic E-state index is -2.40. The van der Waals surface area contributed by atoms with Crippen molar-refractivity contribution in [3.8, 4) is 16.9 Å². The smallest absolute Gasteiger partial charge is 0.253 e. The summed E-state index contributed by atoms with van der Waals surface area (Å²) >= 11 is -2.40. The van der Waals surface area contributed by atoms with E-state index in [1.54, 1.807) is 44.4 Å². The van der Waals surface area contributed by atoms with Gasteiger partial charge in [0.05, 0.1) is 12.0 Å². The van der Waals surface area contributed by atoms with Crippen LogP contribution in [0.4, 0.5) is 0 Å². The van der Waals surface area contributed by atoms with Gasteiger partial charge in [0.25, 0.3) is 5.91 Å². The van der Waals surface area contributed by atoms with Crippen molar-refractivity contribution in [1.29, 1.82) is 0 Å². The lowest BCUT2D eigenvalue weighted by molar-refractivity contribution is -0.121. The number of carbonyl (C=O) groups is 2. The molecule has 1 atom stereocenters. The predicted octanol–water partition coefficient (Wildman–Crippen LogP) is 5.85. The molecule has 0 aliphatic heterocycles. The zero-order valence-corrected chi connectivity index (χ0v) is 25.5. The molecule has 220 valence electrons. The monoisotopic (exact) mass is 585 g/mol. The SMILES string of the molecule is COc1ccc(-c2cccc(C(=O)N(C)C)c2)cc1S(=O)[O-].Cc1cccc(CCC(=O)NCc2cccc(C)c2)c1. The number of aryl methyl sites for hydroxylation is 3. The second-order valence-electron chi connectivity index (χ2n) is 10.1. The first-order valence-corrected chi connectivity index (χ1v) is 14.6. The van der Waals surface area contributed by atoms with Crippen molar-refractivity contribution in [2.75, 3.05) is 21.2 Å². The number of ether oxygens (including phenoxy) is 1. The number of hydrogen-bond donors (Lipinski definition) is 1. The third-order valence-corrected chi connectivity index (χ3v) is 7.17. The fraction of sp³-hybridized carbons (Fsp3) is 0.235. The number of rotatable bonds is 9. The van der Waals surface area contributed by atoms with Gasteiger partial charge in [-0.15, -0.1) is 0 Å². The van der Waals surface area contributed by atoms with Gasteiger partial charge in [-0.3, -0.25) is 13.8 Å². The molecule has 0 saturated carbocycles. The summed E-state index contributed by atoms with van der Waals surface area (Å²) in [5, 5.41) is 2.97. The van der Waals surface area contributed by atoms with Gasteiger partial charge in [-0.25, -0.2) is 0 Å². The summed E-state index contributed by atoms with van der Waals surface area (Å²) in [6.45, 7) is 4.73. The lowest BCUT2D eigenvalue weighted by Crippen LogP contribution is -2.23. The van der Waals surface area contributed by atoms with E-state index < -0.39 is 11.1 Å². The average molecular weight is 586 g/mol. The molecule has 4 aromatic rings. The molecule has 42 heavy (non-hydrogen) atoms. The molecule has 7 nitrogen and oxygen atoms in total. The molecule has 4 rings (SSSR count). The second kappa shape index (κ2) is 15.7. The second-order valence-corrected chi connectivity index (χ2v) is 11.0. The molecular formula is C34H37N2O5S-. The standard InChI is InChI=1S/C18H21NO.C16H17NO4S/c1-14-5-3-7-16(11-14)9-10-18(20)19-13-17-8-4-6-15(2)12-17;1-17(2)16(18)13-6-4-5-11(9-13)12-7-8-14(21-3)15(10-12)22(19)20/h3-8,11-12H,9-10,13H2,1-2H3,(H,19,20);4-10H,1-3H3,(H,19,20)/p-1. The van der Waals surface area contributed by atoms with E-state index in [9.17, 15) is 18.4 Å². The van der Waals surface area contributed by atoms with Gasteiger partial charge in [-0.05, 0) is 77.9 Å². The van der Waals surface area contributed by atoms with E-state index in [1.807, 2.05) is 24.3 Å². The number of amides is 2. The molecule has 8 heteroatoms. The summed E-state index contributed by atoms with van der Waals surface area (Å²) in [6.07, 6.45) is 1.33. The molecule has 0 heterocycles. The van der Waals surface area contributed by atoms with Crippen LogP contribution in [0.15, 0.2) is 95.9 Å². The summed E-state index contributed by atoms with van der Waals surface area (Å²) in [7, 11) is 4.78. The Hall–Kier alpha value is -4.27. The number of methoxy groups -OCH3 is 1. The van der Waals surface area contributed by atoms with Crippen LogP contribution in [0, 0.1) is 13.8 Å². The Bertz CT molecular complexity index is 1500. The maximum Gasteiger partial charge on any atom is 0.253 e. The van der Waals surface area contributed by atoms with E-state index in [-0.39, 0.29) is 22.5 Å². The largest absolute Gasteiger partial charge is 0.768 e. The van der Waals surface area contributed by atoms with E-state index in [4.69, 9.17) is 4.74 Å². The van der Waals surface area contributed by atoms with Crippen LogP contribution in [-0.2, 0) is 28.8 Å². The van der Waals surface area contributed by atoms with Gasteiger partial charge in [0.15, 0.2) is 0 Å². The van der Waals surface area contributed by atoms with Crippen molar-refractivity contribution in [2.24, 2.45) is 0 Å². The van der Waals surface area contributed by atoms with Crippen LogP contribution < -0.4 is 10.1 Å². The Morgan fingerprint density at radius 1 is 0.833 bits per heavy atom. The van der Waals surface area contributed by atoms with E-state index in [0.29, 0.717) is 24.1 Å². The van der Waals surface area contributed by atoms with Gasteiger partial charge in [0, 0.05) is 32.6 Å². The summed E-state index contributed by atoms with van der Waals surface area (Å²) in [6, 6.07) is 28.5. The van der Waals surface area contributed by atoms with Crippen molar-refractivity contribution in [3.63, 3.8) is 0 Å². The maximum atomic E-state index is 12.0. The Morgan fingerprint density at radius 2 is 1.45 bits per heavy atom. The van der Waals surface area contributed by atoms with Gasteiger partial charge >= 0.3 is 0 Å².